The number of aromatic nitrogens is 2. The summed E-state index contributed by atoms with van der Waals surface area (Å²) in [5.74, 6) is -0.0224. The van der Waals surface area contributed by atoms with E-state index in [9.17, 15) is 4.79 Å². The molecule has 33 heavy (non-hydrogen) atoms. The zero-order chi connectivity index (χ0) is 23.5. The number of benzene rings is 1. The second-order valence-corrected chi connectivity index (χ2v) is 9.26. The van der Waals surface area contributed by atoms with Gasteiger partial charge in [0, 0.05) is 42.8 Å². The predicted octanol–water partition coefficient (Wildman–Crippen LogP) is 5.08. The summed E-state index contributed by atoms with van der Waals surface area (Å²) in [6, 6.07) is 16.4. The van der Waals surface area contributed by atoms with Crippen molar-refractivity contribution in [3.05, 3.63) is 83.4 Å². The Balaban J connectivity index is 1.57. The third kappa shape index (κ3) is 4.93. The topological polar surface area (TPSA) is 62.2 Å². The van der Waals surface area contributed by atoms with Crippen LogP contribution in [0.5, 0.6) is 0 Å². The van der Waals surface area contributed by atoms with Crippen LogP contribution in [0.4, 0.5) is 5.69 Å². The zero-order valence-corrected chi connectivity index (χ0v) is 20.4. The first kappa shape index (κ1) is 23.0. The van der Waals surface area contributed by atoms with Gasteiger partial charge in [0.05, 0.1) is 17.8 Å². The van der Waals surface area contributed by atoms with Crippen molar-refractivity contribution in [1.82, 2.24) is 19.8 Å². The number of nitrogens with one attached hydrogen (secondary N) is 2. The first-order valence-corrected chi connectivity index (χ1v) is 11.8. The van der Waals surface area contributed by atoms with Gasteiger partial charge in [0.2, 0.25) is 5.91 Å². The van der Waals surface area contributed by atoms with Crippen LogP contribution in [0.15, 0.2) is 60.9 Å². The molecule has 0 bridgehead atoms. The Morgan fingerprint density at radius 2 is 2.00 bits per heavy atom. The molecule has 2 aromatic heterocycles. The van der Waals surface area contributed by atoms with E-state index in [1.54, 1.807) is 6.20 Å². The lowest BCUT2D eigenvalue weighted by Crippen LogP contribution is -2.33. The van der Waals surface area contributed by atoms with E-state index >= 15 is 0 Å². The van der Waals surface area contributed by atoms with Crippen molar-refractivity contribution in [3.8, 4) is 0 Å². The summed E-state index contributed by atoms with van der Waals surface area (Å²) in [6.07, 6.45) is 4.24. The fourth-order valence-corrected chi connectivity index (χ4v) is 4.73. The lowest BCUT2D eigenvalue weighted by atomic mass is 10.0. The molecule has 172 valence electrons. The molecule has 1 aliphatic rings. The first-order chi connectivity index (χ1) is 15.8. The molecule has 0 saturated carbocycles. The molecule has 3 aromatic rings. The van der Waals surface area contributed by atoms with E-state index in [1.165, 1.54) is 0 Å². The maximum absolute atomic E-state index is 12.8. The fraction of sp³-hybridized carbons (Fsp3) is 0.346. The highest BCUT2D eigenvalue weighted by molar-refractivity contribution is 7.80. The average molecular weight is 462 g/mol. The van der Waals surface area contributed by atoms with Gasteiger partial charge in [-0.25, -0.2) is 0 Å². The zero-order valence-electron chi connectivity index (χ0n) is 19.6. The molecule has 1 amide bonds. The molecule has 1 aliphatic heterocycles. The maximum atomic E-state index is 12.8. The molecule has 4 rings (SSSR count). The Kier molecular flexibility index (Phi) is 6.79. The highest BCUT2D eigenvalue weighted by atomic mass is 32.1. The monoisotopic (exact) mass is 461 g/mol. The highest BCUT2D eigenvalue weighted by Crippen LogP contribution is 2.39. The molecule has 1 fully saturated rings. The van der Waals surface area contributed by atoms with Gasteiger partial charge in [-0.15, -0.1) is 0 Å². The largest absolute Gasteiger partial charge is 0.352 e. The van der Waals surface area contributed by atoms with Gasteiger partial charge in [-0.3, -0.25) is 9.78 Å². The van der Waals surface area contributed by atoms with Crippen molar-refractivity contribution in [1.29, 1.82) is 0 Å². The number of hydrogen-bond acceptors (Lipinski definition) is 3. The van der Waals surface area contributed by atoms with Crippen molar-refractivity contribution in [2.75, 3.05) is 11.9 Å². The first-order valence-electron chi connectivity index (χ1n) is 11.4. The summed E-state index contributed by atoms with van der Waals surface area (Å²) in [5, 5.41) is 7.17. The Morgan fingerprint density at radius 3 is 2.73 bits per heavy atom. The van der Waals surface area contributed by atoms with Crippen molar-refractivity contribution in [3.63, 3.8) is 0 Å². The minimum Gasteiger partial charge on any atom is -0.352 e. The van der Waals surface area contributed by atoms with Crippen molar-refractivity contribution >= 4 is 28.9 Å². The molecule has 3 heterocycles. The van der Waals surface area contributed by atoms with Gasteiger partial charge in [-0.2, -0.15) is 0 Å². The summed E-state index contributed by atoms with van der Waals surface area (Å²) < 4.78 is 2.26. The number of amides is 1. The van der Waals surface area contributed by atoms with Gasteiger partial charge in [0.15, 0.2) is 5.11 Å². The smallest absolute Gasteiger partial charge is 0.226 e. The van der Waals surface area contributed by atoms with Crippen LogP contribution in [0, 0.1) is 13.8 Å². The number of rotatable bonds is 7. The van der Waals surface area contributed by atoms with Crippen molar-refractivity contribution < 1.29 is 4.79 Å². The molecule has 0 aliphatic carbocycles. The number of thiocarbonyl (C=S) groups is 1. The average Bonchev–Trinajstić information content (AvgIpc) is 3.40. The van der Waals surface area contributed by atoms with Crippen LogP contribution in [0.25, 0.3) is 0 Å². The van der Waals surface area contributed by atoms with Crippen LogP contribution in [-0.4, -0.2) is 32.0 Å². The summed E-state index contributed by atoms with van der Waals surface area (Å²) in [6.45, 7) is 8.88. The van der Waals surface area contributed by atoms with Gasteiger partial charge < -0.3 is 20.1 Å². The third-order valence-electron chi connectivity index (χ3n) is 6.12. The number of aryl methyl sites for hydroxylation is 2. The quantitative estimate of drug-likeness (QED) is 0.481. The van der Waals surface area contributed by atoms with E-state index in [-0.39, 0.29) is 18.0 Å². The van der Waals surface area contributed by atoms with E-state index in [1.807, 2.05) is 50.2 Å². The lowest BCUT2D eigenvalue weighted by molar-refractivity contribution is -0.116. The molecular formula is C26H31N5OS. The number of anilines is 1. The SMILES string of the molecule is Cc1ccc(C)c(NC(=O)CCN2C(=S)N[C@H](c3ccccn3)[C@@H]2c2cccn2C(C)C)c1. The van der Waals surface area contributed by atoms with Crippen molar-refractivity contribution in [2.45, 2.75) is 52.2 Å². The van der Waals surface area contributed by atoms with Crippen LogP contribution in [0.1, 0.15) is 60.9 Å². The Morgan fingerprint density at radius 1 is 1.18 bits per heavy atom. The summed E-state index contributed by atoms with van der Waals surface area (Å²) in [4.78, 5) is 19.6. The van der Waals surface area contributed by atoms with Crippen LogP contribution >= 0.6 is 12.2 Å². The lowest BCUT2D eigenvalue weighted by Gasteiger charge is -2.29. The standard InChI is InChI=1S/C26H31N5OS/c1-17(2)30-14-7-9-22(30)25-24(20-8-5-6-13-27-20)29-26(33)31(25)15-12-23(32)28-21-16-18(3)10-11-19(21)4/h5-11,13-14,16-17,24-25H,12,15H2,1-4H3,(H,28,32)(H,29,33)/t24-,25+/m1/s1. The van der Waals surface area contributed by atoms with E-state index in [4.69, 9.17) is 12.2 Å². The highest BCUT2D eigenvalue weighted by Gasteiger charge is 2.41. The maximum Gasteiger partial charge on any atom is 0.226 e. The molecular weight excluding hydrogens is 430 g/mol. The number of pyridine rings is 1. The summed E-state index contributed by atoms with van der Waals surface area (Å²) in [5.41, 5.74) is 5.12. The molecule has 2 atom stereocenters. The van der Waals surface area contributed by atoms with Gasteiger partial charge in [0.25, 0.3) is 0 Å². The summed E-state index contributed by atoms with van der Waals surface area (Å²) in [7, 11) is 0. The fourth-order valence-electron chi connectivity index (χ4n) is 4.40. The van der Waals surface area contributed by atoms with Gasteiger partial charge >= 0.3 is 0 Å². The van der Waals surface area contributed by atoms with E-state index in [0.717, 1.165) is 28.2 Å². The normalized spacial score (nSPS) is 18.0. The Bertz CT molecular complexity index is 1140. The molecule has 0 unspecified atom stereocenters. The van der Waals surface area contributed by atoms with Gasteiger partial charge in [0.1, 0.15) is 0 Å². The van der Waals surface area contributed by atoms with Gasteiger partial charge in [-0.05, 0) is 81.4 Å². The number of carbonyl (C=O) groups is 1. The molecule has 0 spiro atoms. The molecule has 7 heteroatoms. The van der Waals surface area contributed by atoms with E-state index in [2.05, 4.69) is 57.3 Å². The third-order valence-corrected chi connectivity index (χ3v) is 6.47. The van der Waals surface area contributed by atoms with E-state index < -0.39 is 0 Å². The minimum absolute atomic E-state index is 0.0224. The number of hydrogen-bond donors (Lipinski definition) is 2. The van der Waals surface area contributed by atoms with Crippen LogP contribution in [0.2, 0.25) is 0 Å². The number of carbonyl (C=O) groups excluding carboxylic acids is 1. The van der Waals surface area contributed by atoms with Crippen LogP contribution in [0.3, 0.4) is 0 Å². The Hall–Kier alpha value is -3.19. The summed E-state index contributed by atoms with van der Waals surface area (Å²) >= 11 is 5.74. The molecule has 2 N–H and O–H groups in total. The van der Waals surface area contributed by atoms with Crippen LogP contribution < -0.4 is 10.6 Å². The second-order valence-electron chi connectivity index (χ2n) is 8.87. The van der Waals surface area contributed by atoms with Crippen molar-refractivity contribution in [2.24, 2.45) is 0 Å². The minimum atomic E-state index is -0.0896. The predicted molar refractivity (Wildman–Crippen MR) is 136 cm³/mol. The molecule has 6 nitrogen and oxygen atoms in total. The second kappa shape index (κ2) is 9.75. The number of nitrogens with zero attached hydrogens (tertiary/aromatic N) is 3. The Labute approximate surface area is 201 Å². The van der Waals surface area contributed by atoms with E-state index in [0.29, 0.717) is 24.1 Å². The molecule has 1 aromatic carbocycles. The van der Waals surface area contributed by atoms with Gasteiger partial charge in [-0.1, -0.05) is 18.2 Å². The molecule has 0 radical (unpaired) electrons. The van der Waals surface area contributed by atoms with Crippen LogP contribution in [-0.2, 0) is 4.79 Å². The molecule has 1 saturated heterocycles.